The Morgan fingerprint density at radius 1 is 1.29 bits per heavy atom. The lowest BCUT2D eigenvalue weighted by atomic mass is 10.3. The van der Waals surface area contributed by atoms with Crippen LogP contribution in [0.15, 0.2) is 0 Å². The molecule has 0 atom stereocenters. The van der Waals surface area contributed by atoms with Crippen molar-refractivity contribution in [2.75, 3.05) is 5.88 Å². The normalized spacial score (nSPS) is 9.43. The fraction of sp³-hybridized carbons (Fsp3) is 0.800. The Kier molecular flexibility index (Phi) is 7.13. The van der Waals surface area contributed by atoms with Crippen molar-refractivity contribution in [1.29, 1.82) is 0 Å². The fourth-order valence-corrected chi connectivity index (χ4v) is 0.659. The van der Waals surface area contributed by atoms with Gasteiger partial charge in [0.2, 0.25) is 0 Å². The van der Waals surface area contributed by atoms with Crippen LogP contribution in [0.4, 0.5) is 0 Å². The number of rotatable bonds is 4. The largest absolute Gasteiger partial charge is 0.127 e. The molecule has 0 saturated heterocycles. The van der Waals surface area contributed by atoms with Gasteiger partial charge in [0.25, 0.3) is 0 Å². The maximum Gasteiger partial charge on any atom is 0.0499 e. The van der Waals surface area contributed by atoms with Crippen molar-refractivity contribution in [2.45, 2.75) is 19.3 Å². The predicted molar refractivity (Wildman–Crippen MR) is 34.7 cm³/mol. The maximum atomic E-state index is 5.38. The average molecular weight is 140 g/mol. The van der Waals surface area contributed by atoms with E-state index in [1.54, 1.807) is 5.88 Å². The molecule has 0 N–H and O–H groups in total. The topological polar surface area (TPSA) is 0 Å². The maximum absolute atomic E-state index is 5.38. The van der Waals surface area contributed by atoms with Crippen molar-refractivity contribution in [3.8, 4) is 0 Å². The highest BCUT2D eigenvalue weighted by Gasteiger charge is 1.82. The molecule has 0 fully saturated rings. The Morgan fingerprint density at radius 2 is 2.00 bits per heavy atom. The second kappa shape index (κ2) is 6.58. The summed E-state index contributed by atoms with van der Waals surface area (Å²) in [6.45, 7) is 0. The first-order chi connectivity index (χ1) is 3.41. The Bertz CT molecular complexity index is 25.3. The summed E-state index contributed by atoms with van der Waals surface area (Å²) in [6.07, 6.45) is 3.17. The van der Waals surface area contributed by atoms with Gasteiger partial charge in [-0.1, -0.05) is 6.42 Å². The van der Waals surface area contributed by atoms with Gasteiger partial charge in [0.15, 0.2) is 0 Å². The summed E-state index contributed by atoms with van der Waals surface area (Å²) in [5.41, 5.74) is 0. The van der Waals surface area contributed by atoms with Crippen LogP contribution >= 0.6 is 23.2 Å². The molecule has 0 heterocycles. The molecule has 0 aliphatic carbocycles. The molecule has 0 rings (SSSR count). The molecule has 0 nitrogen and oxygen atoms in total. The van der Waals surface area contributed by atoms with Crippen LogP contribution in [0, 0.1) is 5.88 Å². The summed E-state index contributed by atoms with van der Waals surface area (Å²) < 4.78 is 0. The summed E-state index contributed by atoms with van der Waals surface area (Å²) in [7, 11) is 0. The van der Waals surface area contributed by atoms with Crippen LogP contribution in [0.2, 0.25) is 0 Å². The van der Waals surface area contributed by atoms with Gasteiger partial charge in [-0.25, -0.2) is 0 Å². The standard InChI is InChI=1S/C5H9Cl2/c6-4-2-1-3-5-7/h4H,1-3,5H2. The third-order valence-corrected chi connectivity index (χ3v) is 1.18. The number of unbranched alkanes of at least 4 members (excludes halogenated alkanes) is 2. The SMILES string of the molecule is Cl[CH]CCCCCl. The lowest BCUT2D eigenvalue weighted by Gasteiger charge is -1.88. The summed E-state index contributed by atoms with van der Waals surface area (Å²) in [4.78, 5) is 0. The monoisotopic (exact) mass is 139 g/mol. The van der Waals surface area contributed by atoms with Gasteiger partial charge < -0.3 is 0 Å². The van der Waals surface area contributed by atoms with E-state index in [2.05, 4.69) is 0 Å². The summed E-state index contributed by atoms with van der Waals surface area (Å²) in [5.74, 6) is 2.40. The molecule has 0 aromatic rings. The van der Waals surface area contributed by atoms with Crippen LogP contribution in [-0.2, 0) is 0 Å². The molecule has 0 bridgehead atoms. The van der Waals surface area contributed by atoms with E-state index in [9.17, 15) is 0 Å². The molecule has 0 saturated carbocycles. The molecule has 1 radical (unpaired) electrons. The zero-order chi connectivity index (χ0) is 5.54. The van der Waals surface area contributed by atoms with Crippen LogP contribution in [0.5, 0.6) is 0 Å². The minimum absolute atomic E-state index is 0.755. The third-order valence-electron chi connectivity index (χ3n) is 0.697. The lowest BCUT2D eigenvalue weighted by Crippen LogP contribution is -1.73. The average Bonchev–Trinajstić information content (AvgIpc) is 1.69. The molecule has 0 spiro atoms. The highest BCUT2D eigenvalue weighted by molar-refractivity contribution is 6.23. The summed E-state index contributed by atoms with van der Waals surface area (Å²) in [6, 6.07) is 0. The number of halogens is 2. The van der Waals surface area contributed by atoms with Gasteiger partial charge in [0.05, 0.1) is 0 Å². The Labute approximate surface area is 54.8 Å². The number of hydrogen-bond acceptors (Lipinski definition) is 0. The van der Waals surface area contributed by atoms with Gasteiger partial charge >= 0.3 is 0 Å². The van der Waals surface area contributed by atoms with E-state index in [1.165, 1.54) is 0 Å². The van der Waals surface area contributed by atoms with Crippen molar-refractivity contribution in [1.82, 2.24) is 0 Å². The molecule has 0 aliphatic heterocycles. The third kappa shape index (κ3) is 6.58. The Hall–Kier alpha value is 0.580. The Balaban J connectivity index is 2.45. The van der Waals surface area contributed by atoms with Gasteiger partial charge in [-0.15, -0.1) is 23.2 Å². The fourth-order valence-electron chi connectivity index (χ4n) is 0.316. The molecule has 0 unspecified atom stereocenters. The number of alkyl halides is 1. The van der Waals surface area contributed by atoms with Gasteiger partial charge in [-0.3, -0.25) is 0 Å². The number of hydrogen-bond donors (Lipinski definition) is 0. The van der Waals surface area contributed by atoms with E-state index < -0.39 is 0 Å². The molecule has 7 heavy (non-hydrogen) atoms. The second-order valence-corrected chi connectivity index (χ2v) is 2.03. The predicted octanol–water partition coefficient (Wildman–Crippen LogP) is 2.80. The molecule has 43 valence electrons. The summed E-state index contributed by atoms with van der Waals surface area (Å²) in [5, 5.41) is 0. The molecule has 0 amide bonds. The molecular formula is C5H9Cl2. The van der Waals surface area contributed by atoms with Gasteiger partial charge in [0, 0.05) is 11.8 Å². The van der Waals surface area contributed by atoms with Crippen molar-refractivity contribution >= 4 is 23.2 Å². The van der Waals surface area contributed by atoms with Crippen molar-refractivity contribution in [3.05, 3.63) is 5.88 Å². The first kappa shape index (κ1) is 7.58. The van der Waals surface area contributed by atoms with E-state index in [1.807, 2.05) is 0 Å². The smallest absolute Gasteiger partial charge is 0.0499 e. The van der Waals surface area contributed by atoms with Crippen LogP contribution in [0.25, 0.3) is 0 Å². The minimum Gasteiger partial charge on any atom is -0.127 e. The second-order valence-electron chi connectivity index (χ2n) is 1.34. The van der Waals surface area contributed by atoms with Crippen molar-refractivity contribution in [2.24, 2.45) is 0 Å². The quantitative estimate of drug-likeness (QED) is 0.416. The van der Waals surface area contributed by atoms with Gasteiger partial charge in [-0.2, -0.15) is 0 Å². The zero-order valence-electron chi connectivity index (χ0n) is 4.16. The van der Waals surface area contributed by atoms with E-state index in [4.69, 9.17) is 23.2 Å². The van der Waals surface area contributed by atoms with Crippen LogP contribution in [0.3, 0.4) is 0 Å². The van der Waals surface area contributed by atoms with Crippen molar-refractivity contribution in [3.63, 3.8) is 0 Å². The van der Waals surface area contributed by atoms with Crippen LogP contribution in [0.1, 0.15) is 19.3 Å². The highest BCUT2D eigenvalue weighted by Crippen LogP contribution is 2.01. The van der Waals surface area contributed by atoms with E-state index in [0.717, 1.165) is 25.1 Å². The van der Waals surface area contributed by atoms with E-state index in [0.29, 0.717) is 0 Å². The van der Waals surface area contributed by atoms with Crippen LogP contribution < -0.4 is 0 Å². The molecule has 0 aromatic carbocycles. The van der Waals surface area contributed by atoms with Gasteiger partial charge in [0.1, 0.15) is 0 Å². The van der Waals surface area contributed by atoms with Crippen LogP contribution in [-0.4, -0.2) is 5.88 Å². The Morgan fingerprint density at radius 3 is 2.43 bits per heavy atom. The van der Waals surface area contributed by atoms with Gasteiger partial charge in [-0.05, 0) is 12.8 Å². The molecule has 0 aliphatic rings. The van der Waals surface area contributed by atoms with E-state index >= 15 is 0 Å². The van der Waals surface area contributed by atoms with E-state index in [-0.39, 0.29) is 0 Å². The summed E-state index contributed by atoms with van der Waals surface area (Å²) >= 11 is 10.6. The first-order valence-electron chi connectivity index (χ1n) is 2.39. The molecular weight excluding hydrogens is 131 g/mol. The lowest BCUT2D eigenvalue weighted by molar-refractivity contribution is 0.810. The van der Waals surface area contributed by atoms with Crippen molar-refractivity contribution < 1.29 is 0 Å². The first-order valence-corrected chi connectivity index (χ1v) is 3.36. The molecule has 2 heteroatoms. The molecule has 0 aromatic heterocycles. The minimum atomic E-state index is 0.755. The highest BCUT2D eigenvalue weighted by atomic mass is 35.5. The zero-order valence-corrected chi connectivity index (χ0v) is 5.67.